The van der Waals surface area contributed by atoms with Gasteiger partial charge < -0.3 is 4.84 Å². The van der Waals surface area contributed by atoms with Crippen LogP contribution in [-0.2, 0) is 14.4 Å². The third-order valence-electron chi connectivity index (χ3n) is 1.57. The van der Waals surface area contributed by atoms with Crippen LogP contribution < -0.4 is 0 Å². The van der Waals surface area contributed by atoms with Crippen molar-refractivity contribution in [3.63, 3.8) is 0 Å². The van der Waals surface area contributed by atoms with E-state index < -0.39 is 5.97 Å². The van der Waals surface area contributed by atoms with Gasteiger partial charge in [-0.3, -0.25) is 4.79 Å². The second-order valence-electron chi connectivity index (χ2n) is 2.76. The second-order valence-corrected chi connectivity index (χ2v) is 2.76. The Balaban J connectivity index is 2.46. The number of amides is 1. The SMILES string of the molecule is C=C(C)C(=O)ON1CCCC1=O. The zero-order valence-electron chi connectivity index (χ0n) is 7.00. The molecule has 0 saturated carbocycles. The molecule has 0 aromatic heterocycles. The number of carbonyl (C=O) groups excluding carboxylic acids is 2. The molecule has 0 atom stereocenters. The first-order valence-corrected chi connectivity index (χ1v) is 3.79. The highest BCUT2D eigenvalue weighted by Crippen LogP contribution is 2.10. The quantitative estimate of drug-likeness (QED) is 0.570. The predicted octanol–water partition coefficient (Wildman–Crippen LogP) is 0.643. The van der Waals surface area contributed by atoms with E-state index in [9.17, 15) is 9.59 Å². The third-order valence-corrected chi connectivity index (χ3v) is 1.57. The van der Waals surface area contributed by atoms with Gasteiger partial charge in [-0.05, 0) is 13.3 Å². The molecule has 1 amide bonds. The predicted molar refractivity (Wildman–Crippen MR) is 41.9 cm³/mol. The summed E-state index contributed by atoms with van der Waals surface area (Å²) in [6.45, 7) is 5.45. The molecule has 0 aliphatic carbocycles. The number of hydroxylamine groups is 2. The van der Waals surface area contributed by atoms with Gasteiger partial charge in [0.2, 0.25) is 0 Å². The Morgan fingerprint density at radius 2 is 2.33 bits per heavy atom. The molecule has 4 nitrogen and oxygen atoms in total. The Labute approximate surface area is 70.7 Å². The van der Waals surface area contributed by atoms with E-state index in [1.54, 1.807) is 6.92 Å². The van der Waals surface area contributed by atoms with E-state index in [0.29, 0.717) is 18.5 Å². The Kier molecular flexibility index (Phi) is 2.47. The largest absolute Gasteiger partial charge is 0.358 e. The van der Waals surface area contributed by atoms with E-state index in [1.165, 1.54) is 0 Å². The standard InChI is InChI=1S/C8H11NO3/c1-6(2)8(11)12-9-5-3-4-7(9)10/h1,3-5H2,2H3. The van der Waals surface area contributed by atoms with Crippen LogP contribution in [0.1, 0.15) is 19.8 Å². The zero-order chi connectivity index (χ0) is 9.14. The molecule has 0 bridgehead atoms. The highest BCUT2D eigenvalue weighted by molar-refractivity contribution is 5.88. The number of hydrogen-bond acceptors (Lipinski definition) is 3. The van der Waals surface area contributed by atoms with Crippen molar-refractivity contribution in [3.8, 4) is 0 Å². The van der Waals surface area contributed by atoms with Crippen molar-refractivity contribution < 1.29 is 14.4 Å². The van der Waals surface area contributed by atoms with Gasteiger partial charge in [-0.1, -0.05) is 6.58 Å². The summed E-state index contributed by atoms with van der Waals surface area (Å²) in [5, 5.41) is 1.09. The minimum absolute atomic E-state index is 0.135. The van der Waals surface area contributed by atoms with E-state index in [-0.39, 0.29) is 5.91 Å². The summed E-state index contributed by atoms with van der Waals surface area (Å²) < 4.78 is 0. The Hall–Kier alpha value is -1.32. The summed E-state index contributed by atoms with van der Waals surface area (Å²) in [6.07, 6.45) is 1.21. The van der Waals surface area contributed by atoms with Gasteiger partial charge in [0.15, 0.2) is 0 Å². The van der Waals surface area contributed by atoms with Gasteiger partial charge in [0, 0.05) is 12.0 Å². The smallest absolute Gasteiger partial charge is 0.333 e. The fourth-order valence-corrected chi connectivity index (χ4v) is 0.898. The first-order valence-electron chi connectivity index (χ1n) is 3.79. The first kappa shape index (κ1) is 8.77. The summed E-state index contributed by atoms with van der Waals surface area (Å²) in [6, 6.07) is 0. The van der Waals surface area contributed by atoms with Gasteiger partial charge >= 0.3 is 5.97 Å². The second kappa shape index (κ2) is 3.38. The molecule has 0 aromatic rings. The lowest BCUT2D eigenvalue weighted by atomic mass is 10.4. The number of nitrogens with zero attached hydrogens (tertiary/aromatic N) is 1. The number of rotatable bonds is 2. The summed E-state index contributed by atoms with van der Waals surface area (Å²) in [5.74, 6) is -0.671. The number of carbonyl (C=O) groups is 2. The van der Waals surface area contributed by atoms with Crippen molar-refractivity contribution in [2.45, 2.75) is 19.8 Å². The van der Waals surface area contributed by atoms with Crippen LogP contribution in [0, 0.1) is 0 Å². The van der Waals surface area contributed by atoms with E-state index in [4.69, 9.17) is 4.84 Å². The van der Waals surface area contributed by atoms with Crippen molar-refractivity contribution in [1.82, 2.24) is 5.06 Å². The van der Waals surface area contributed by atoms with Crippen LogP contribution in [0.2, 0.25) is 0 Å². The highest BCUT2D eigenvalue weighted by Gasteiger charge is 2.24. The molecule has 4 heteroatoms. The van der Waals surface area contributed by atoms with Gasteiger partial charge in [-0.2, -0.15) is 5.06 Å². The molecule has 1 aliphatic heterocycles. The van der Waals surface area contributed by atoms with E-state index in [1.807, 2.05) is 0 Å². The van der Waals surface area contributed by atoms with Crippen molar-refractivity contribution in [1.29, 1.82) is 0 Å². The molecule has 1 saturated heterocycles. The lowest BCUT2D eigenvalue weighted by Crippen LogP contribution is -2.28. The molecule has 12 heavy (non-hydrogen) atoms. The van der Waals surface area contributed by atoms with Crippen LogP contribution in [-0.4, -0.2) is 23.5 Å². The molecule has 0 N–H and O–H groups in total. The van der Waals surface area contributed by atoms with Crippen molar-refractivity contribution in [2.75, 3.05) is 6.54 Å². The first-order chi connectivity index (χ1) is 5.61. The topological polar surface area (TPSA) is 46.6 Å². The Morgan fingerprint density at radius 3 is 2.75 bits per heavy atom. The molecule has 1 aliphatic rings. The maximum atomic E-state index is 11.0. The zero-order valence-corrected chi connectivity index (χ0v) is 7.00. The molecule has 0 aromatic carbocycles. The van der Waals surface area contributed by atoms with Gasteiger partial charge in [-0.15, -0.1) is 0 Å². The normalized spacial score (nSPS) is 16.4. The van der Waals surface area contributed by atoms with Crippen molar-refractivity contribution in [3.05, 3.63) is 12.2 Å². The average Bonchev–Trinajstić information content (AvgIpc) is 2.36. The summed E-state index contributed by atoms with van der Waals surface area (Å²) in [5.41, 5.74) is 0.301. The third kappa shape index (κ3) is 1.84. The molecule has 1 heterocycles. The minimum atomic E-state index is -0.537. The molecule has 0 radical (unpaired) electrons. The summed E-state index contributed by atoms with van der Waals surface area (Å²) >= 11 is 0. The monoisotopic (exact) mass is 169 g/mol. The van der Waals surface area contributed by atoms with Crippen LogP contribution in [0.4, 0.5) is 0 Å². The summed E-state index contributed by atoms with van der Waals surface area (Å²) in [4.78, 5) is 26.6. The van der Waals surface area contributed by atoms with Crippen molar-refractivity contribution >= 4 is 11.9 Å². The fraction of sp³-hybridized carbons (Fsp3) is 0.500. The molecule has 0 spiro atoms. The molecule has 0 unspecified atom stereocenters. The van der Waals surface area contributed by atoms with E-state index >= 15 is 0 Å². The van der Waals surface area contributed by atoms with Crippen LogP contribution in [0.5, 0.6) is 0 Å². The molecule has 1 fully saturated rings. The van der Waals surface area contributed by atoms with Gasteiger partial charge in [0.25, 0.3) is 5.91 Å². The average molecular weight is 169 g/mol. The van der Waals surface area contributed by atoms with E-state index in [0.717, 1.165) is 11.5 Å². The van der Waals surface area contributed by atoms with Crippen LogP contribution in [0.3, 0.4) is 0 Å². The van der Waals surface area contributed by atoms with Gasteiger partial charge in [0.1, 0.15) is 0 Å². The lowest BCUT2D eigenvalue weighted by Gasteiger charge is -2.13. The highest BCUT2D eigenvalue weighted by atomic mass is 16.7. The molecular formula is C8H11NO3. The lowest BCUT2D eigenvalue weighted by molar-refractivity contribution is -0.189. The van der Waals surface area contributed by atoms with E-state index in [2.05, 4.69) is 6.58 Å². The Morgan fingerprint density at radius 1 is 1.67 bits per heavy atom. The van der Waals surface area contributed by atoms with Gasteiger partial charge in [-0.25, -0.2) is 4.79 Å². The van der Waals surface area contributed by atoms with Crippen molar-refractivity contribution in [2.24, 2.45) is 0 Å². The molecular weight excluding hydrogens is 158 g/mol. The van der Waals surface area contributed by atoms with Gasteiger partial charge in [0.05, 0.1) is 6.54 Å². The maximum Gasteiger partial charge on any atom is 0.358 e. The number of hydrogen-bond donors (Lipinski definition) is 0. The maximum absolute atomic E-state index is 11.0. The summed E-state index contributed by atoms with van der Waals surface area (Å²) in [7, 11) is 0. The molecule has 1 rings (SSSR count). The Bertz CT molecular complexity index is 234. The fourth-order valence-electron chi connectivity index (χ4n) is 0.898. The minimum Gasteiger partial charge on any atom is -0.333 e. The molecule has 66 valence electrons. The van der Waals surface area contributed by atoms with Crippen LogP contribution in [0.15, 0.2) is 12.2 Å². The van der Waals surface area contributed by atoms with Crippen LogP contribution in [0.25, 0.3) is 0 Å². The van der Waals surface area contributed by atoms with Crippen LogP contribution >= 0.6 is 0 Å².